The quantitative estimate of drug-likeness (QED) is 0.403. The van der Waals surface area contributed by atoms with Gasteiger partial charge < -0.3 is 15.4 Å². The summed E-state index contributed by atoms with van der Waals surface area (Å²) in [7, 11) is 0. The molecular weight excluding hydrogens is 466 g/mol. The summed E-state index contributed by atoms with van der Waals surface area (Å²) >= 11 is 0. The van der Waals surface area contributed by atoms with Gasteiger partial charge in [0.05, 0.1) is 30.1 Å². The molecule has 2 N–H and O–H groups in total. The Morgan fingerprint density at radius 3 is 2.56 bits per heavy atom. The van der Waals surface area contributed by atoms with Crippen LogP contribution in [-0.2, 0) is 16.1 Å². The Morgan fingerprint density at radius 2 is 1.86 bits per heavy atom. The number of nitrogen functional groups attached to an aromatic ring is 1. The maximum atomic E-state index is 14.9. The summed E-state index contributed by atoms with van der Waals surface area (Å²) in [5.74, 6) is -1.17. The fourth-order valence-electron chi connectivity index (χ4n) is 4.51. The molecule has 0 bridgehead atoms. The van der Waals surface area contributed by atoms with E-state index in [1.54, 1.807) is 11.6 Å². The Morgan fingerprint density at radius 1 is 1.11 bits per heavy atom. The summed E-state index contributed by atoms with van der Waals surface area (Å²) in [6.45, 7) is 3.59. The number of hydrogen-bond acceptors (Lipinski definition) is 7. The maximum absolute atomic E-state index is 14.9. The molecule has 8 nitrogen and oxygen atoms in total. The van der Waals surface area contributed by atoms with Gasteiger partial charge in [0.15, 0.2) is 5.65 Å². The van der Waals surface area contributed by atoms with Crippen molar-refractivity contribution in [2.75, 3.05) is 30.3 Å². The van der Waals surface area contributed by atoms with Gasteiger partial charge in [0.1, 0.15) is 17.5 Å². The lowest BCUT2D eigenvalue weighted by Crippen LogP contribution is -2.38. The van der Waals surface area contributed by atoms with Crippen LogP contribution < -0.4 is 10.6 Å². The van der Waals surface area contributed by atoms with Crippen molar-refractivity contribution in [1.82, 2.24) is 19.7 Å². The Bertz CT molecular complexity index is 1400. The third-order valence-corrected chi connectivity index (χ3v) is 6.39. The summed E-state index contributed by atoms with van der Waals surface area (Å²) < 4.78 is 35.3. The van der Waals surface area contributed by atoms with Crippen LogP contribution in [0.4, 0.5) is 20.5 Å². The van der Waals surface area contributed by atoms with Gasteiger partial charge in [-0.25, -0.2) is 18.4 Å². The van der Waals surface area contributed by atoms with Crippen LogP contribution in [0.25, 0.3) is 22.3 Å². The predicted octanol–water partition coefficient (Wildman–Crippen LogP) is 4.18. The highest BCUT2D eigenvalue weighted by Gasteiger charge is 2.29. The minimum absolute atomic E-state index is 0.109. The number of fused-ring (bicyclic) bond motifs is 1. The van der Waals surface area contributed by atoms with Crippen LogP contribution in [0.5, 0.6) is 0 Å². The van der Waals surface area contributed by atoms with Gasteiger partial charge in [-0.15, -0.1) is 5.10 Å². The average Bonchev–Trinajstić information content (AvgIpc) is 3.19. The lowest BCUT2D eigenvalue weighted by atomic mass is 9.97. The average molecular weight is 493 g/mol. The SMILES string of the molecule is CCOC(=O)C1CCN(c2nc(-c3ccc(F)cc3F)c3c(N)n(Cc4ccccc4)nc3n2)CC1. The molecule has 36 heavy (non-hydrogen) atoms. The molecular formula is C26H26F2N6O2. The van der Waals surface area contributed by atoms with Gasteiger partial charge in [0.2, 0.25) is 5.95 Å². The Hall–Kier alpha value is -4.08. The minimum Gasteiger partial charge on any atom is -0.466 e. The van der Waals surface area contributed by atoms with Crippen LogP contribution in [0.3, 0.4) is 0 Å². The van der Waals surface area contributed by atoms with Gasteiger partial charge in [-0.05, 0) is 37.5 Å². The first-order valence-corrected chi connectivity index (χ1v) is 11.9. The van der Waals surface area contributed by atoms with Crippen LogP contribution in [0.1, 0.15) is 25.3 Å². The standard InChI is InChI=1S/C26H26F2N6O2/c1-2-36-25(35)17-10-12-33(13-11-17)26-30-22(19-9-8-18(27)14-20(19)28)21-23(29)34(32-24(21)31-26)15-16-6-4-3-5-7-16/h3-9,14,17H,2,10-13,15,29H2,1H3. The number of nitrogens with two attached hydrogens (primary N) is 1. The van der Waals surface area contributed by atoms with E-state index in [1.807, 2.05) is 35.2 Å². The molecule has 1 saturated heterocycles. The molecule has 0 amide bonds. The summed E-state index contributed by atoms with van der Waals surface area (Å²) in [6, 6.07) is 13.0. The number of halogens is 2. The van der Waals surface area contributed by atoms with Crippen LogP contribution in [0.2, 0.25) is 0 Å². The van der Waals surface area contributed by atoms with Gasteiger partial charge in [0, 0.05) is 24.7 Å². The third-order valence-electron chi connectivity index (χ3n) is 6.39. The number of hydrogen-bond donors (Lipinski definition) is 1. The summed E-state index contributed by atoms with van der Waals surface area (Å²) in [6.07, 6.45) is 1.18. The molecule has 5 rings (SSSR count). The van der Waals surface area contributed by atoms with Crippen molar-refractivity contribution in [2.24, 2.45) is 5.92 Å². The van der Waals surface area contributed by atoms with Gasteiger partial charge in [-0.2, -0.15) is 4.98 Å². The number of ether oxygens (including phenoxy) is 1. The molecule has 1 aliphatic rings. The largest absolute Gasteiger partial charge is 0.466 e. The topological polar surface area (TPSA) is 99.2 Å². The van der Waals surface area contributed by atoms with E-state index in [-0.39, 0.29) is 23.1 Å². The zero-order valence-electron chi connectivity index (χ0n) is 19.8. The molecule has 2 aromatic heterocycles. The van der Waals surface area contributed by atoms with E-state index in [4.69, 9.17) is 10.5 Å². The van der Waals surface area contributed by atoms with Crippen molar-refractivity contribution in [3.8, 4) is 11.3 Å². The summed E-state index contributed by atoms with van der Waals surface area (Å²) in [4.78, 5) is 23.4. The van der Waals surface area contributed by atoms with Gasteiger partial charge in [-0.3, -0.25) is 4.79 Å². The highest BCUT2D eigenvalue weighted by molar-refractivity contribution is 5.99. The number of benzene rings is 2. The van der Waals surface area contributed by atoms with Crippen molar-refractivity contribution in [3.63, 3.8) is 0 Å². The second-order valence-electron chi connectivity index (χ2n) is 8.74. The number of nitrogens with zero attached hydrogens (tertiary/aromatic N) is 5. The van der Waals surface area contributed by atoms with Crippen molar-refractivity contribution in [3.05, 3.63) is 65.7 Å². The number of carbonyl (C=O) groups excluding carboxylic acids is 1. The molecule has 1 fully saturated rings. The first kappa shape index (κ1) is 23.7. The van der Waals surface area contributed by atoms with Crippen LogP contribution >= 0.6 is 0 Å². The van der Waals surface area contributed by atoms with Crippen LogP contribution in [0, 0.1) is 17.6 Å². The van der Waals surface area contributed by atoms with Gasteiger partial charge in [0.25, 0.3) is 0 Å². The first-order chi connectivity index (χ1) is 17.4. The Kier molecular flexibility index (Phi) is 6.49. The van der Waals surface area contributed by atoms with Gasteiger partial charge in [-0.1, -0.05) is 30.3 Å². The van der Waals surface area contributed by atoms with Crippen LogP contribution in [0.15, 0.2) is 48.5 Å². The first-order valence-electron chi connectivity index (χ1n) is 11.9. The van der Waals surface area contributed by atoms with Crippen molar-refractivity contribution < 1.29 is 18.3 Å². The number of carbonyl (C=O) groups is 1. The zero-order valence-corrected chi connectivity index (χ0v) is 19.8. The van der Waals surface area contributed by atoms with E-state index >= 15 is 0 Å². The lowest BCUT2D eigenvalue weighted by Gasteiger charge is -2.31. The Labute approximate surface area is 206 Å². The number of piperidine rings is 1. The highest BCUT2D eigenvalue weighted by Crippen LogP contribution is 2.35. The van der Waals surface area contributed by atoms with E-state index < -0.39 is 11.6 Å². The van der Waals surface area contributed by atoms with E-state index in [0.29, 0.717) is 61.9 Å². The number of esters is 1. The lowest BCUT2D eigenvalue weighted by molar-refractivity contribution is -0.148. The smallest absolute Gasteiger partial charge is 0.309 e. The molecule has 0 spiro atoms. The molecule has 0 atom stereocenters. The summed E-state index contributed by atoms with van der Waals surface area (Å²) in [5.41, 5.74) is 8.13. The maximum Gasteiger partial charge on any atom is 0.309 e. The molecule has 0 aliphatic carbocycles. The highest BCUT2D eigenvalue weighted by atomic mass is 19.1. The number of aromatic nitrogens is 4. The molecule has 186 valence electrons. The van der Waals surface area contributed by atoms with Gasteiger partial charge >= 0.3 is 5.97 Å². The molecule has 3 heterocycles. The fourth-order valence-corrected chi connectivity index (χ4v) is 4.51. The normalized spacial score (nSPS) is 14.4. The fraction of sp³-hybridized carbons (Fsp3) is 0.308. The predicted molar refractivity (Wildman–Crippen MR) is 132 cm³/mol. The molecule has 2 aromatic carbocycles. The van der Waals surface area contributed by atoms with Crippen molar-refractivity contribution in [2.45, 2.75) is 26.3 Å². The second-order valence-corrected chi connectivity index (χ2v) is 8.74. The second kappa shape index (κ2) is 9.88. The van der Waals surface area contributed by atoms with E-state index in [1.165, 1.54) is 12.1 Å². The van der Waals surface area contributed by atoms with Crippen molar-refractivity contribution in [1.29, 1.82) is 0 Å². The number of rotatable bonds is 6. The number of anilines is 2. The molecule has 0 radical (unpaired) electrons. The molecule has 0 unspecified atom stereocenters. The van der Waals surface area contributed by atoms with E-state index in [0.717, 1.165) is 11.6 Å². The molecule has 1 aliphatic heterocycles. The zero-order chi connectivity index (χ0) is 25.2. The van der Waals surface area contributed by atoms with Crippen LogP contribution in [-0.4, -0.2) is 45.4 Å². The van der Waals surface area contributed by atoms with E-state index in [2.05, 4.69) is 15.1 Å². The minimum atomic E-state index is -0.753. The third kappa shape index (κ3) is 4.58. The monoisotopic (exact) mass is 492 g/mol. The Balaban J connectivity index is 1.56. The molecule has 0 saturated carbocycles. The van der Waals surface area contributed by atoms with E-state index in [9.17, 15) is 13.6 Å². The summed E-state index contributed by atoms with van der Waals surface area (Å²) in [5, 5.41) is 5.01. The van der Waals surface area contributed by atoms with Crippen molar-refractivity contribution >= 4 is 28.8 Å². The molecule has 10 heteroatoms. The molecule has 4 aromatic rings.